The highest BCUT2D eigenvalue weighted by Crippen LogP contribution is 2.48. The molecule has 1 aliphatic rings. The van der Waals surface area contributed by atoms with E-state index in [1.807, 2.05) is 0 Å². The van der Waals surface area contributed by atoms with Gasteiger partial charge in [-0.25, -0.2) is 0 Å². The molecule has 0 bridgehead atoms. The smallest absolute Gasteiger partial charge is 0.0628 e. The molecule has 2 nitrogen and oxygen atoms in total. The van der Waals surface area contributed by atoms with Crippen molar-refractivity contribution in [2.45, 2.75) is 19.3 Å². The third kappa shape index (κ3) is 1.71. The molecule has 0 heterocycles. The second kappa shape index (κ2) is 2.59. The fourth-order valence-electron chi connectivity index (χ4n) is 1.41. The summed E-state index contributed by atoms with van der Waals surface area (Å²) in [4.78, 5) is 2.17. The summed E-state index contributed by atoms with van der Waals surface area (Å²) in [6.07, 6.45) is 3.24. The quantitative estimate of drug-likeness (QED) is 0.586. The van der Waals surface area contributed by atoms with Gasteiger partial charge in [0.05, 0.1) is 6.07 Å². The molecule has 0 aliphatic heterocycles. The Balaban J connectivity index is 2.32. The molecule has 0 saturated heterocycles. The van der Waals surface area contributed by atoms with Crippen LogP contribution >= 0.6 is 0 Å². The molecular formula is C8H14N2. The summed E-state index contributed by atoms with van der Waals surface area (Å²) < 4.78 is 0. The molecular weight excluding hydrogens is 124 g/mol. The highest BCUT2D eigenvalue weighted by atomic mass is 15.1. The Labute approximate surface area is 62.4 Å². The van der Waals surface area contributed by atoms with E-state index >= 15 is 0 Å². The van der Waals surface area contributed by atoms with E-state index in [0.29, 0.717) is 5.41 Å². The first kappa shape index (κ1) is 7.56. The topological polar surface area (TPSA) is 27.0 Å². The summed E-state index contributed by atoms with van der Waals surface area (Å²) in [6.45, 7) is 1.08. The van der Waals surface area contributed by atoms with Gasteiger partial charge in [0.1, 0.15) is 0 Å². The second-order valence-electron chi connectivity index (χ2n) is 3.57. The van der Waals surface area contributed by atoms with Crippen LogP contribution in [0.1, 0.15) is 19.3 Å². The fraction of sp³-hybridized carbons (Fsp3) is 0.875. The van der Waals surface area contributed by atoms with Crippen LogP contribution < -0.4 is 0 Å². The van der Waals surface area contributed by atoms with Crippen molar-refractivity contribution < 1.29 is 0 Å². The first-order valence-corrected chi connectivity index (χ1v) is 3.70. The van der Waals surface area contributed by atoms with E-state index in [4.69, 9.17) is 5.26 Å². The molecule has 10 heavy (non-hydrogen) atoms. The van der Waals surface area contributed by atoms with E-state index in [1.54, 1.807) is 0 Å². The van der Waals surface area contributed by atoms with Gasteiger partial charge in [0.2, 0.25) is 0 Å². The predicted octanol–water partition coefficient (Wildman–Crippen LogP) is 1.24. The third-order valence-corrected chi connectivity index (χ3v) is 2.06. The van der Waals surface area contributed by atoms with Crippen molar-refractivity contribution >= 4 is 0 Å². The average Bonchev–Trinajstić information content (AvgIpc) is 2.47. The Kier molecular flexibility index (Phi) is 1.96. The molecule has 0 aromatic carbocycles. The van der Waals surface area contributed by atoms with Crippen LogP contribution in [0.5, 0.6) is 0 Å². The second-order valence-corrected chi connectivity index (χ2v) is 3.57. The molecule has 0 aromatic heterocycles. The summed E-state index contributed by atoms with van der Waals surface area (Å²) in [6, 6.07) is 2.25. The van der Waals surface area contributed by atoms with Crippen LogP contribution in [0.3, 0.4) is 0 Å². The molecule has 0 radical (unpaired) electrons. The van der Waals surface area contributed by atoms with Crippen LogP contribution in [0.4, 0.5) is 0 Å². The Bertz CT molecular complexity index is 151. The van der Waals surface area contributed by atoms with Crippen molar-refractivity contribution in [1.82, 2.24) is 4.90 Å². The Morgan fingerprint density at radius 2 is 2.10 bits per heavy atom. The maximum Gasteiger partial charge on any atom is 0.0628 e. The van der Waals surface area contributed by atoms with Gasteiger partial charge in [-0.2, -0.15) is 5.26 Å². The monoisotopic (exact) mass is 138 g/mol. The molecule has 1 rings (SSSR count). The molecule has 0 atom stereocenters. The van der Waals surface area contributed by atoms with Crippen molar-refractivity contribution in [3.8, 4) is 6.07 Å². The largest absolute Gasteiger partial charge is 0.309 e. The van der Waals surface area contributed by atoms with Crippen LogP contribution in [0.2, 0.25) is 0 Å². The minimum absolute atomic E-state index is 0.387. The van der Waals surface area contributed by atoms with Gasteiger partial charge in [-0.1, -0.05) is 0 Å². The summed E-state index contributed by atoms with van der Waals surface area (Å²) in [7, 11) is 4.13. The number of hydrogen-bond acceptors (Lipinski definition) is 2. The van der Waals surface area contributed by atoms with E-state index in [-0.39, 0.29) is 0 Å². The maximum absolute atomic E-state index is 8.49. The van der Waals surface area contributed by atoms with Crippen LogP contribution in [0, 0.1) is 16.7 Å². The molecule has 1 aliphatic carbocycles. The molecule has 1 fully saturated rings. The first-order valence-electron chi connectivity index (χ1n) is 3.70. The van der Waals surface area contributed by atoms with Crippen molar-refractivity contribution in [3.63, 3.8) is 0 Å². The summed E-state index contributed by atoms with van der Waals surface area (Å²) >= 11 is 0. The lowest BCUT2D eigenvalue weighted by molar-refractivity contribution is 0.312. The highest BCUT2D eigenvalue weighted by Gasteiger charge is 2.42. The van der Waals surface area contributed by atoms with E-state index in [2.05, 4.69) is 25.1 Å². The van der Waals surface area contributed by atoms with Crippen molar-refractivity contribution in [2.75, 3.05) is 20.6 Å². The van der Waals surface area contributed by atoms with Crippen LogP contribution in [-0.2, 0) is 0 Å². The van der Waals surface area contributed by atoms with Gasteiger partial charge in [0, 0.05) is 13.0 Å². The maximum atomic E-state index is 8.49. The van der Waals surface area contributed by atoms with Gasteiger partial charge in [-0.05, 0) is 32.4 Å². The molecule has 0 spiro atoms. The van der Waals surface area contributed by atoms with Gasteiger partial charge < -0.3 is 4.90 Å². The fourth-order valence-corrected chi connectivity index (χ4v) is 1.41. The first-order chi connectivity index (χ1) is 4.68. The number of hydrogen-bond donors (Lipinski definition) is 0. The van der Waals surface area contributed by atoms with Crippen molar-refractivity contribution in [3.05, 3.63) is 0 Å². The molecule has 0 aromatic rings. The third-order valence-electron chi connectivity index (χ3n) is 2.06. The minimum atomic E-state index is 0.387. The minimum Gasteiger partial charge on any atom is -0.309 e. The molecule has 1 saturated carbocycles. The normalized spacial score (nSPS) is 20.6. The number of rotatable bonds is 3. The van der Waals surface area contributed by atoms with Crippen LogP contribution in [0.25, 0.3) is 0 Å². The van der Waals surface area contributed by atoms with Gasteiger partial charge in [-0.15, -0.1) is 0 Å². The zero-order chi connectivity index (χ0) is 7.61. The van der Waals surface area contributed by atoms with E-state index in [9.17, 15) is 0 Å². The van der Waals surface area contributed by atoms with Gasteiger partial charge in [0.25, 0.3) is 0 Å². The highest BCUT2D eigenvalue weighted by molar-refractivity contribution is 5.00. The Hall–Kier alpha value is -0.550. The van der Waals surface area contributed by atoms with E-state index < -0.39 is 0 Å². The van der Waals surface area contributed by atoms with Gasteiger partial charge in [0.15, 0.2) is 0 Å². The molecule has 0 amide bonds. The lowest BCUT2D eigenvalue weighted by atomic mass is 10.0. The van der Waals surface area contributed by atoms with Crippen LogP contribution in [-0.4, -0.2) is 25.5 Å². The lowest BCUT2D eigenvalue weighted by Gasteiger charge is -2.16. The number of nitriles is 1. The average molecular weight is 138 g/mol. The zero-order valence-electron chi connectivity index (χ0n) is 6.72. The molecule has 56 valence electrons. The van der Waals surface area contributed by atoms with Gasteiger partial charge in [-0.3, -0.25) is 0 Å². The SMILES string of the molecule is CN(C)CC1(CC#N)CC1. The zero-order valence-corrected chi connectivity index (χ0v) is 6.72. The summed E-state index contributed by atoms with van der Waals surface area (Å²) in [5.41, 5.74) is 0.387. The predicted molar refractivity (Wildman–Crippen MR) is 40.5 cm³/mol. The van der Waals surface area contributed by atoms with Crippen molar-refractivity contribution in [1.29, 1.82) is 5.26 Å². The van der Waals surface area contributed by atoms with Crippen LogP contribution in [0.15, 0.2) is 0 Å². The Morgan fingerprint density at radius 1 is 1.50 bits per heavy atom. The summed E-state index contributed by atoms with van der Waals surface area (Å²) in [5.74, 6) is 0. The lowest BCUT2D eigenvalue weighted by Crippen LogP contribution is -2.22. The van der Waals surface area contributed by atoms with Gasteiger partial charge >= 0.3 is 0 Å². The molecule has 2 heteroatoms. The summed E-state index contributed by atoms with van der Waals surface area (Å²) in [5, 5.41) is 8.49. The molecule has 0 N–H and O–H groups in total. The van der Waals surface area contributed by atoms with Crippen molar-refractivity contribution in [2.24, 2.45) is 5.41 Å². The van der Waals surface area contributed by atoms with E-state index in [0.717, 1.165) is 13.0 Å². The number of nitrogens with zero attached hydrogens (tertiary/aromatic N) is 2. The standard InChI is InChI=1S/C8H14N2/c1-10(2)7-8(3-4-8)5-6-9/h3-5,7H2,1-2H3. The van der Waals surface area contributed by atoms with E-state index in [1.165, 1.54) is 12.8 Å². The molecule has 0 unspecified atom stereocenters. The Morgan fingerprint density at radius 3 is 2.40 bits per heavy atom.